The summed E-state index contributed by atoms with van der Waals surface area (Å²) in [5, 5.41) is 0. The van der Waals surface area contributed by atoms with E-state index in [-0.39, 0.29) is 0 Å². The van der Waals surface area contributed by atoms with Gasteiger partial charge >= 0.3 is 7.12 Å². The SMILES string of the molecule is COc1ccc(OC)c(C(C)=C(F)B2OC(C)(C)C(C)(C)O2)c1. The summed E-state index contributed by atoms with van der Waals surface area (Å²) < 4.78 is 37.0. The Morgan fingerprint density at radius 1 is 1.04 bits per heavy atom. The molecule has 1 aliphatic rings. The van der Waals surface area contributed by atoms with Crippen molar-refractivity contribution in [1.82, 2.24) is 0 Å². The van der Waals surface area contributed by atoms with Crippen LogP contribution in [0.1, 0.15) is 40.2 Å². The Labute approximate surface area is 137 Å². The molecule has 0 aliphatic carbocycles. The fourth-order valence-electron chi connectivity index (χ4n) is 2.36. The van der Waals surface area contributed by atoms with Crippen molar-refractivity contribution in [2.24, 2.45) is 0 Å². The summed E-state index contributed by atoms with van der Waals surface area (Å²) in [7, 11) is 2.08. The smallest absolute Gasteiger partial charge is 0.497 e. The van der Waals surface area contributed by atoms with Crippen LogP contribution in [-0.2, 0) is 9.31 Å². The summed E-state index contributed by atoms with van der Waals surface area (Å²) in [5.41, 5.74) is -0.630. The van der Waals surface area contributed by atoms with Gasteiger partial charge in [-0.3, -0.25) is 0 Å². The minimum atomic E-state index is -1.03. The highest BCUT2D eigenvalue weighted by Crippen LogP contribution is 2.41. The van der Waals surface area contributed by atoms with Crippen LogP contribution in [0, 0.1) is 0 Å². The fraction of sp³-hybridized carbons (Fsp3) is 0.529. The maximum Gasteiger partial charge on any atom is 0.525 e. The number of hydrogen-bond donors (Lipinski definition) is 0. The maximum absolute atomic E-state index is 15.0. The minimum absolute atomic E-state index is 0.402. The molecule has 0 radical (unpaired) electrons. The quantitative estimate of drug-likeness (QED) is 0.784. The van der Waals surface area contributed by atoms with E-state index in [1.54, 1.807) is 39.3 Å². The van der Waals surface area contributed by atoms with E-state index >= 15 is 0 Å². The topological polar surface area (TPSA) is 36.9 Å². The second kappa shape index (κ2) is 6.17. The molecule has 0 N–H and O–H groups in total. The van der Waals surface area contributed by atoms with Gasteiger partial charge in [0.05, 0.1) is 25.4 Å². The highest BCUT2D eigenvalue weighted by molar-refractivity contribution is 6.55. The number of allylic oxidation sites excluding steroid dienone is 1. The number of hydrogen-bond acceptors (Lipinski definition) is 4. The molecule has 0 aromatic heterocycles. The molecule has 1 saturated heterocycles. The molecular weight excluding hydrogens is 298 g/mol. The third-order valence-electron chi connectivity index (χ3n) is 4.63. The van der Waals surface area contributed by atoms with Crippen LogP contribution < -0.4 is 9.47 Å². The molecule has 0 saturated carbocycles. The first-order valence-corrected chi connectivity index (χ1v) is 7.57. The van der Waals surface area contributed by atoms with E-state index in [4.69, 9.17) is 18.8 Å². The summed E-state index contributed by atoms with van der Waals surface area (Å²) in [4.78, 5) is 0. The molecule has 4 nitrogen and oxygen atoms in total. The minimum Gasteiger partial charge on any atom is -0.497 e. The fourth-order valence-corrected chi connectivity index (χ4v) is 2.36. The summed E-state index contributed by atoms with van der Waals surface area (Å²) in [6.07, 6.45) is 0. The Balaban J connectivity index is 2.42. The van der Waals surface area contributed by atoms with Crippen molar-refractivity contribution in [3.05, 3.63) is 29.5 Å². The monoisotopic (exact) mass is 322 g/mol. The average Bonchev–Trinajstić information content (AvgIpc) is 2.73. The van der Waals surface area contributed by atoms with Gasteiger partial charge in [-0.05, 0) is 58.4 Å². The van der Waals surface area contributed by atoms with E-state index in [0.29, 0.717) is 22.6 Å². The molecule has 6 heteroatoms. The first-order chi connectivity index (χ1) is 10.6. The second-order valence-electron chi connectivity index (χ2n) is 6.63. The zero-order valence-electron chi connectivity index (χ0n) is 14.8. The number of halogens is 1. The van der Waals surface area contributed by atoms with Crippen LogP contribution in [0.3, 0.4) is 0 Å². The summed E-state index contributed by atoms with van der Waals surface area (Å²) >= 11 is 0. The first-order valence-electron chi connectivity index (χ1n) is 7.57. The van der Waals surface area contributed by atoms with Crippen molar-refractivity contribution >= 4 is 12.7 Å². The molecule has 0 spiro atoms. The van der Waals surface area contributed by atoms with Crippen molar-refractivity contribution in [2.75, 3.05) is 14.2 Å². The third kappa shape index (κ3) is 3.24. The molecule has 0 unspecified atom stereocenters. The van der Waals surface area contributed by atoms with Crippen LogP contribution in [0.2, 0.25) is 0 Å². The predicted octanol–water partition coefficient (Wildman–Crippen LogP) is 4.04. The number of methoxy groups -OCH3 is 2. The molecule has 0 bridgehead atoms. The standard InChI is InChI=1S/C17H24BFO4/c1-11(13-10-12(20-6)8-9-14(13)21-7)15(19)18-22-16(2,3)17(4,5)23-18/h8-10H,1-7H3. The van der Waals surface area contributed by atoms with Crippen LogP contribution in [0.15, 0.2) is 23.9 Å². The van der Waals surface area contributed by atoms with Gasteiger partial charge in [0, 0.05) is 5.56 Å². The van der Waals surface area contributed by atoms with E-state index in [0.717, 1.165) is 0 Å². The van der Waals surface area contributed by atoms with Crippen molar-refractivity contribution in [3.63, 3.8) is 0 Å². The van der Waals surface area contributed by atoms with Gasteiger partial charge in [-0.25, -0.2) is 4.39 Å². The van der Waals surface area contributed by atoms with Gasteiger partial charge < -0.3 is 18.8 Å². The van der Waals surface area contributed by atoms with Crippen LogP contribution in [-0.4, -0.2) is 32.5 Å². The lowest BCUT2D eigenvalue weighted by Gasteiger charge is -2.32. The average molecular weight is 322 g/mol. The molecule has 2 rings (SSSR count). The van der Waals surface area contributed by atoms with Crippen LogP contribution in [0.5, 0.6) is 11.5 Å². The molecule has 0 amide bonds. The Kier molecular flexibility index (Phi) is 4.78. The zero-order valence-corrected chi connectivity index (χ0v) is 14.8. The van der Waals surface area contributed by atoms with Crippen molar-refractivity contribution in [3.8, 4) is 11.5 Å². The summed E-state index contributed by atoms with van der Waals surface area (Å²) in [6, 6.07) is 5.25. The van der Waals surface area contributed by atoms with Crippen LogP contribution in [0.25, 0.3) is 5.57 Å². The molecule has 126 valence electrons. The van der Waals surface area contributed by atoms with Crippen LogP contribution in [0.4, 0.5) is 4.39 Å². The van der Waals surface area contributed by atoms with E-state index in [1.807, 2.05) is 27.7 Å². The van der Waals surface area contributed by atoms with Crippen molar-refractivity contribution < 1.29 is 23.2 Å². The molecule has 1 heterocycles. The first kappa shape index (κ1) is 17.8. The molecule has 1 aliphatic heterocycles. The highest BCUT2D eigenvalue weighted by atomic mass is 19.1. The number of ether oxygens (including phenoxy) is 2. The normalized spacial score (nSPS) is 20.3. The van der Waals surface area contributed by atoms with Gasteiger partial charge in [0.1, 0.15) is 17.2 Å². The van der Waals surface area contributed by atoms with Crippen molar-refractivity contribution in [1.29, 1.82) is 0 Å². The maximum atomic E-state index is 15.0. The van der Waals surface area contributed by atoms with Gasteiger partial charge in [0.2, 0.25) is 0 Å². The lowest BCUT2D eigenvalue weighted by Crippen LogP contribution is -2.41. The Bertz CT molecular complexity index is 609. The molecule has 1 fully saturated rings. The Hall–Kier alpha value is -1.53. The Morgan fingerprint density at radius 3 is 2.09 bits per heavy atom. The number of rotatable bonds is 4. The van der Waals surface area contributed by atoms with Crippen LogP contribution >= 0.6 is 0 Å². The summed E-state index contributed by atoms with van der Waals surface area (Å²) in [6.45, 7) is 9.24. The lowest BCUT2D eigenvalue weighted by atomic mass is 9.83. The molecule has 1 aromatic carbocycles. The summed E-state index contributed by atoms with van der Waals surface area (Å²) in [5.74, 6) is 1.19. The van der Waals surface area contributed by atoms with Gasteiger partial charge in [-0.1, -0.05) is 0 Å². The van der Waals surface area contributed by atoms with E-state index in [1.165, 1.54) is 0 Å². The lowest BCUT2D eigenvalue weighted by molar-refractivity contribution is 0.00578. The van der Waals surface area contributed by atoms with E-state index < -0.39 is 24.0 Å². The number of benzene rings is 1. The zero-order chi connectivity index (χ0) is 17.4. The second-order valence-corrected chi connectivity index (χ2v) is 6.63. The predicted molar refractivity (Wildman–Crippen MR) is 89.3 cm³/mol. The van der Waals surface area contributed by atoms with E-state index in [9.17, 15) is 4.39 Å². The third-order valence-corrected chi connectivity index (χ3v) is 4.63. The largest absolute Gasteiger partial charge is 0.525 e. The highest BCUT2D eigenvalue weighted by Gasteiger charge is 2.53. The van der Waals surface area contributed by atoms with Gasteiger partial charge in [0.25, 0.3) is 0 Å². The van der Waals surface area contributed by atoms with Gasteiger partial charge in [-0.15, -0.1) is 0 Å². The Morgan fingerprint density at radius 2 is 1.61 bits per heavy atom. The van der Waals surface area contributed by atoms with Gasteiger partial charge in [-0.2, -0.15) is 0 Å². The van der Waals surface area contributed by atoms with Crippen molar-refractivity contribution in [2.45, 2.75) is 45.8 Å². The molecule has 1 aromatic rings. The van der Waals surface area contributed by atoms with E-state index in [2.05, 4.69) is 0 Å². The molecule has 0 atom stereocenters. The molecular formula is C17H24BFO4. The van der Waals surface area contributed by atoms with Gasteiger partial charge in [0.15, 0.2) is 0 Å². The molecule has 23 heavy (non-hydrogen) atoms.